The maximum atomic E-state index is 13.0. The minimum atomic E-state index is -0.356. The van der Waals surface area contributed by atoms with E-state index in [1.54, 1.807) is 7.05 Å². The molecule has 0 radical (unpaired) electrons. The van der Waals surface area contributed by atoms with E-state index in [9.17, 15) is 9.18 Å². The first-order valence-electron chi connectivity index (χ1n) is 4.78. The molecule has 0 aliphatic carbocycles. The van der Waals surface area contributed by atoms with Crippen LogP contribution in [0.3, 0.4) is 0 Å². The van der Waals surface area contributed by atoms with Crippen LogP contribution in [-0.2, 0) is 9.53 Å². The average Bonchev–Trinajstić information content (AvgIpc) is 2.13. The zero-order valence-electron chi connectivity index (χ0n) is 8.83. The number of likely N-dealkylation sites (N-methyl/N-ethyl adjacent to an activating group) is 1. The Morgan fingerprint density at radius 3 is 2.86 bits per heavy atom. The van der Waals surface area contributed by atoms with Crippen molar-refractivity contribution in [1.82, 2.24) is 4.90 Å². The summed E-state index contributed by atoms with van der Waals surface area (Å²) in [6.07, 6.45) is 3.98. The summed E-state index contributed by atoms with van der Waals surface area (Å²) < 4.78 is 18.0. The van der Waals surface area contributed by atoms with Crippen LogP contribution in [0.4, 0.5) is 4.39 Å². The molecule has 0 spiro atoms. The first-order valence-corrected chi connectivity index (χ1v) is 4.78. The van der Waals surface area contributed by atoms with Gasteiger partial charge in [-0.15, -0.1) is 0 Å². The fourth-order valence-electron chi connectivity index (χ4n) is 0.863. The number of aldehydes is 1. The molecule has 0 aromatic rings. The van der Waals surface area contributed by atoms with E-state index in [1.807, 2.05) is 6.92 Å². The maximum Gasteiger partial charge on any atom is 0.141 e. The molecule has 0 aromatic heterocycles. The van der Waals surface area contributed by atoms with E-state index in [4.69, 9.17) is 4.74 Å². The van der Waals surface area contributed by atoms with Crippen molar-refractivity contribution in [1.29, 1.82) is 0 Å². The van der Waals surface area contributed by atoms with Crippen molar-refractivity contribution in [3.05, 3.63) is 12.0 Å². The standard InChI is InChI=1S/C10H18FNO2/c1-3-4-7-14-9-10(11)8-12(2)5-6-13/h6,8H,3-5,7,9H2,1-2H3/b10-8-. The largest absolute Gasteiger partial charge is 0.374 e. The first kappa shape index (κ1) is 13.1. The van der Waals surface area contributed by atoms with E-state index in [-0.39, 0.29) is 19.0 Å². The van der Waals surface area contributed by atoms with Gasteiger partial charge in [0.05, 0.1) is 13.2 Å². The highest BCUT2D eigenvalue weighted by atomic mass is 19.1. The molecule has 0 saturated heterocycles. The molecular formula is C10H18FNO2. The van der Waals surface area contributed by atoms with Gasteiger partial charge in [0.2, 0.25) is 0 Å². The maximum absolute atomic E-state index is 13.0. The number of rotatable bonds is 8. The molecule has 0 N–H and O–H groups in total. The van der Waals surface area contributed by atoms with Crippen LogP contribution in [-0.4, -0.2) is 38.0 Å². The summed E-state index contributed by atoms with van der Waals surface area (Å²) in [5.74, 6) is -0.356. The molecule has 14 heavy (non-hydrogen) atoms. The molecule has 0 aromatic carbocycles. The summed E-state index contributed by atoms with van der Waals surface area (Å²) in [4.78, 5) is 11.5. The molecule has 0 heterocycles. The number of hydrogen-bond donors (Lipinski definition) is 0. The summed E-state index contributed by atoms with van der Waals surface area (Å²) in [7, 11) is 1.64. The second-order valence-corrected chi connectivity index (χ2v) is 3.09. The van der Waals surface area contributed by atoms with Crippen LogP contribution < -0.4 is 0 Å². The Labute approximate surface area is 84.5 Å². The quantitative estimate of drug-likeness (QED) is 0.444. The molecule has 0 fully saturated rings. The van der Waals surface area contributed by atoms with Crippen LogP contribution in [0.2, 0.25) is 0 Å². The lowest BCUT2D eigenvalue weighted by Crippen LogP contribution is -2.14. The van der Waals surface area contributed by atoms with Crippen molar-refractivity contribution < 1.29 is 13.9 Å². The minimum absolute atomic E-state index is 0.0107. The normalized spacial score (nSPS) is 11.5. The van der Waals surface area contributed by atoms with Crippen molar-refractivity contribution in [3.8, 4) is 0 Å². The van der Waals surface area contributed by atoms with E-state index in [1.165, 1.54) is 11.1 Å². The van der Waals surface area contributed by atoms with E-state index in [0.717, 1.165) is 19.1 Å². The molecular weight excluding hydrogens is 185 g/mol. The first-order chi connectivity index (χ1) is 6.70. The zero-order valence-corrected chi connectivity index (χ0v) is 8.83. The molecule has 0 saturated carbocycles. The van der Waals surface area contributed by atoms with Crippen molar-refractivity contribution in [2.24, 2.45) is 0 Å². The Kier molecular flexibility index (Phi) is 8.13. The Morgan fingerprint density at radius 2 is 2.29 bits per heavy atom. The number of hydrogen-bond acceptors (Lipinski definition) is 3. The van der Waals surface area contributed by atoms with E-state index in [0.29, 0.717) is 6.61 Å². The predicted molar refractivity (Wildman–Crippen MR) is 53.6 cm³/mol. The number of ether oxygens (including phenoxy) is 1. The van der Waals surface area contributed by atoms with Gasteiger partial charge in [-0.2, -0.15) is 0 Å². The Hall–Kier alpha value is -0.900. The molecule has 82 valence electrons. The summed E-state index contributed by atoms with van der Waals surface area (Å²) in [5.41, 5.74) is 0. The Morgan fingerprint density at radius 1 is 1.57 bits per heavy atom. The lowest BCUT2D eigenvalue weighted by Gasteiger charge is -2.09. The lowest BCUT2D eigenvalue weighted by molar-refractivity contribution is -0.108. The van der Waals surface area contributed by atoms with Crippen molar-refractivity contribution >= 4 is 6.29 Å². The van der Waals surface area contributed by atoms with Crippen LogP contribution in [0.5, 0.6) is 0 Å². The molecule has 0 amide bonds. The molecule has 0 unspecified atom stereocenters. The molecule has 0 aliphatic heterocycles. The van der Waals surface area contributed by atoms with Crippen LogP contribution in [0.25, 0.3) is 0 Å². The summed E-state index contributed by atoms with van der Waals surface area (Å²) in [5, 5.41) is 0. The van der Waals surface area contributed by atoms with Gasteiger partial charge in [-0.1, -0.05) is 13.3 Å². The molecule has 0 atom stereocenters. The number of unbranched alkanes of at least 4 members (excludes halogenated alkanes) is 1. The molecule has 0 aliphatic rings. The van der Waals surface area contributed by atoms with Gasteiger partial charge in [-0.3, -0.25) is 0 Å². The van der Waals surface area contributed by atoms with Crippen LogP contribution in [0, 0.1) is 0 Å². The Balaban J connectivity index is 3.60. The fraction of sp³-hybridized carbons (Fsp3) is 0.700. The second-order valence-electron chi connectivity index (χ2n) is 3.09. The third-order valence-corrected chi connectivity index (χ3v) is 1.61. The summed E-state index contributed by atoms with van der Waals surface area (Å²) in [6, 6.07) is 0. The summed E-state index contributed by atoms with van der Waals surface area (Å²) in [6.45, 7) is 2.81. The minimum Gasteiger partial charge on any atom is -0.374 e. The molecule has 4 heteroatoms. The summed E-state index contributed by atoms with van der Waals surface area (Å²) >= 11 is 0. The fourth-order valence-corrected chi connectivity index (χ4v) is 0.863. The van der Waals surface area contributed by atoms with Gasteiger partial charge in [0.1, 0.15) is 12.1 Å². The zero-order chi connectivity index (χ0) is 10.8. The smallest absolute Gasteiger partial charge is 0.141 e. The van der Waals surface area contributed by atoms with E-state index < -0.39 is 0 Å². The van der Waals surface area contributed by atoms with Crippen molar-refractivity contribution in [3.63, 3.8) is 0 Å². The highest BCUT2D eigenvalue weighted by Gasteiger charge is 1.97. The highest BCUT2D eigenvalue weighted by Crippen LogP contribution is 2.00. The molecule has 3 nitrogen and oxygen atoms in total. The monoisotopic (exact) mass is 203 g/mol. The third-order valence-electron chi connectivity index (χ3n) is 1.61. The van der Waals surface area contributed by atoms with Gasteiger partial charge in [-0.05, 0) is 6.42 Å². The number of halogens is 1. The van der Waals surface area contributed by atoms with Gasteiger partial charge in [0.15, 0.2) is 0 Å². The molecule has 0 bridgehead atoms. The van der Waals surface area contributed by atoms with Crippen LogP contribution in [0.15, 0.2) is 12.0 Å². The lowest BCUT2D eigenvalue weighted by atomic mass is 10.4. The van der Waals surface area contributed by atoms with Crippen LogP contribution >= 0.6 is 0 Å². The van der Waals surface area contributed by atoms with E-state index in [2.05, 4.69) is 0 Å². The Bertz CT molecular complexity index is 183. The number of carbonyl (C=O) groups is 1. The van der Waals surface area contributed by atoms with E-state index >= 15 is 0 Å². The van der Waals surface area contributed by atoms with Gasteiger partial charge in [0, 0.05) is 19.9 Å². The highest BCUT2D eigenvalue weighted by molar-refractivity contribution is 5.52. The van der Waals surface area contributed by atoms with Gasteiger partial charge in [-0.25, -0.2) is 4.39 Å². The topological polar surface area (TPSA) is 29.5 Å². The number of carbonyl (C=O) groups excluding carboxylic acids is 1. The van der Waals surface area contributed by atoms with Crippen molar-refractivity contribution in [2.75, 3.05) is 26.8 Å². The third kappa shape index (κ3) is 7.73. The van der Waals surface area contributed by atoms with Crippen molar-refractivity contribution in [2.45, 2.75) is 19.8 Å². The number of nitrogens with zero attached hydrogens (tertiary/aromatic N) is 1. The van der Waals surface area contributed by atoms with Crippen LogP contribution in [0.1, 0.15) is 19.8 Å². The van der Waals surface area contributed by atoms with Gasteiger partial charge in [0.25, 0.3) is 0 Å². The van der Waals surface area contributed by atoms with Gasteiger partial charge >= 0.3 is 0 Å². The SMILES string of the molecule is CCCCOC/C(F)=C/N(C)CC=O. The second kappa shape index (κ2) is 8.69. The van der Waals surface area contributed by atoms with Gasteiger partial charge < -0.3 is 14.4 Å². The predicted octanol–water partition coefficient (Wildman–Crippen LogP) is 1.74. The average molecular weight is 203 g/mol. The molecule has 0 rings (SSSR count).